The number of nitrogens with two attached hydrogens (primary N) is 1. The first-order valence-corrected chi connectivity index (χ1v) is 7.44. The largest absolute Gasteiger partial charge is 0.359 e. The molecule has 0 unspecified atom stereocenters. The van der Waals surface area contributed by atoms with Crippen molar-refractivity contribution in [3.8, 4) is 0 Å². The zero-order chi connectivity index (χ0) is 13.4. The fraction of sp³-hybridized carbons (Fsp3) is 0.400. The van der Waals surface area contributed by atoms with Crippen molar-refractivity contribution in [1.29, 1.82) is 0 Å². The molecule has 0 saturated heterocycles. The maximum absolute atomic E-state index is 5.85. The standard InChI is InChI=1S/C15H18BrN3/c1-19(9-10-7-11(17)8-10)15-13-3-2-4-14(16)12(13)5-6-18-15/h2-6,10-11H,7-9,17H2,1H3. The Morgan fingerprint density at radius 1 is 1.32 bits per heavy atom. The highest BCUT2D eigenvalue weighted by Crippen LogP contribution is 2.32. The first kappa shape index (κ1) is 12.9. The van der Waals surface area contributed by atoms with Gasteiger partial charge in [0.1, 0.15) is 5.82 Å². The van der Waals surface area contributed by atoms with Crippen molar-refractivity contribution in [2.45, 2.75) is 18.9 Å². The maximum Gasteiger partial charge on any atom is 0.136 e. The number of benzene rings is 1. The summed E-state index contributed by atoms with van der Waals surface area (Å²) in [7, 11) is 2.12. The fourth-order valence-corrected chi connectivity index (χ4v) is 3.37. The molecule has 2 aromatic rings. The molecule has 1 aromatic heterocycles. The molecule has 1 aliphatic carbocycles. The molecule has 2 N–H and O–H groups in total. The highest BCUT2D eigenvalue weighted by Gasteiger charge is 2.27. The summed E-state index contributed by atoms with van der Waals surface area (Å²) in [6.45, 7) is 1.03. The van der Waals surface area contributed by atoms with Crippen molar-refractivity contribution in [2.75, 3.05) is 18.5 Å². The van der Waals surface area contributed by atoms with Crippen LogP contribution in [-0.4, -0.2) is 24.6 Å². The zero-order valence-electron chi connectivity index (χ0n) is 11.0. The predicted molar refractivity (Wildman–Crippen MR) is 83.4 cm³/mol. The lowest BCUT2D eigenvalue weighted by Crippen LogP contribution is -2.42. The highest BCUT2D eigenvalue weighted by atomic mass is 79.9. The second-order valence-corrected chi connectivity index (χ2v) is 6.30. The van der Waals surface area contributed by atoms with Crippen LogP contribution in [0.1, 0.15) is 12.8 Å². The van der Waals surface area contributed by atoms with Crippen molar-refractivity contribution in [2.24, 2.45) is 11.7 Å². The molecule has 0 bridgehead atoms. The van der Waals surface area contributed by atoms with Crippen LogP contribution in [-0.2, 0) is 0 Å². The summed E-state index contributed by atoms with van der Waals surface area (Å²) in [6, 6.07) is 8.72. The number of fused-ring (bicyclic) bond motifs is 1. The van der Waals surface area contributed by atoms with E-state index in [4.69, 9.17) is 5.73 Å². The van der Waals surface area contributed by atoms with E-state index in [2.05, 4.69) is 57.1 Å². The number of hydrogen-bond donors (Lipinski definition) is 1. The minimum absolute atomic E-state index is 0.410. The van der Waals surface area contributed by atoms with E-state index >= 15 is 0 Å². The van der Waals surface area contributed by atoms with E-state index in [1.807, 2.05) is 6.20 Å². The fourth-order valence-electron chi connectivity index (χ4n) is 2.87. The third-order valence-electron chi connectivity index (χ3n) is 3.90. The van der Waals surface area contributed by atoms with E-state index < -0.39 is 0 Å². The van der Waals surface area contributed by atoms with Gasteiger partial charge in [-0.15, -0.1) is 0 Å². The number of pyridine rings is 1. The van der Waals surface area contributed by atoms with Crippen molar-refractivity contribution in [1.82, 2.24) is 4.98 Å². The second-order valence-electron chi connectivity index (χ2n) is 5.45. The zero-order valence-corrected chi connectivity index (χ0v) is 12.6. The molecular formula is C15H18BrN3. The van der Waals surface area contributed by atoms with Gasteiger partial charge in [0.05, 0.1) is 0 Å². The Morgan fingerprint density at radius 3 is 2.84 bits per heavy atom. The van der Waals surface area contributed by atoms with Crippen LogP contribution in [0.2, 0.25) is 0 Å². The Labute approximate surface area is 121 Å². The normalized spacial score (nSPS) is 22.3. The summed E-state index contributed by atoms with van der Waals surface area (Å²) in [4.78, 5) is 6.81. The average Bonchev–Trinajstić information content (AvgIpc) is 2.37. The quantitative estimate of drug-likeness (QED) is 0.944. The van der Waals surface area contributed by atoms with Gasteiger partial charge in [0.25, 0.3) is 0 Å². The molecule has 0 aliphatic heterocycles. The van der Waals surface area contributed by atoms with Gasteiger partial charge in [-0.25, -0.2) is 4.98 Å². The van der Waals surface area contributed by atoms with Crippen molar-refractivity contribution in [3.05, 3.63) is 34.9 Å². The Bertz CT molecular complexity index is 593. The monoisotopic (exact) mass is 319 g/mol. The Kier molecular flexibility index (Phi) is 3.46. The number of halogens is 1. The predicted octanol–water partition coefficient (Wildman–Crippen LogP) is 3.17. The molecule has 0 radical (unpaired) electrons. The van der Waals surface area contributed by atoms with Gasteiger partial charge in [-0.05, 0) is 30.9 Å². The molecule has 4 heteroatoms. The molecule has 100 valence electrons. The smallest absolute Gasteiger partial charge is 0.136 e. The third kappa shape index (κ3) is 2.47. The molecule has 0 atom stereocenters. The Morgan fingerprint density at radius 2 is 2.11 bits per heavy atom. The van der Waals surface area contributed by atoms with Gasteiger partial charge >= 0.3 is 0 Å². The van der Waals surface area contributed by atoms with Crippen molar-refractivity contribution in [3.63, 3.8) is 0 Å². The van der Waals surface area contributed by atoms with Crippen LogP contribution in [0, 0.1) is 5.92 Å². The first-order chi connectivity index (χ1) is 9.15. The minimum Gasteiger partial charge on any atom is -0.359 e. The van der Waals surface area contributed by atoms with Crippen LogP contribution in [0.25, 0.3) is 10.8 Å². The molecular weight excluding hydrogens is 302 g/mol. The van der Waals surface area contributed by atoms with Crippen molar-refractivity contribution < 1.29 is 0 Å². The van der Waals surface area contributed by atoms with Gasteiger partial charge in [0.15, 0.2) is 0 Å². The summed E-state index contributed by atoms with van der Waals surface area (Å²) in [5.41, 5.74) is 5.85. The van der Waals surface area contributed by atoms with Gasteiger partial charge in [0, 0.05) is 41.1 Å². The van der Waals surface area contributed by atoms with Crippen LogP contribution in [0.15, 0.2) is 34.9 Å². The van der Waals surface area contributed by atoms with E-state index in [1.54, 1.807) is 0 Å². The molecule has 0 spiro atoms. The van der Waals surface area contributed by atoms with Crippen LogP contribution < -0.4 is 10.6 Å². The molecule has 1 fully saturated rings. The lowest BCUT2D eigenvalue weighted by Gasteiger charge is -2.35. The molecule has 3 nitrogen and oxygen atoms in total. The Balaban J connectivity index is 1.89. The highest BCUT2D eigenvalue weighted by molar-refractivity contribution is 9.10. The summed E-state index contributed by atoms with van der Waals surface area (Å²) in [5.74, 6) is 1.77. The first-order valence-electron chi connectivity index (χ1n) is 6.65. The maximum atomic E-state index is 5.85. The lowest BCUT2D eigenvalue weighted by atomic mass is 9.80. The Hall–Kier alpha value is -1.13. The molecule has 1 saturated carbocycles. The number of nitrogens with zero attached hydrogens (tertiary/aromatic N) is 2. The number of aromatic nitrogens is 1. The van der Waals surface area contributed by atoms with E-state index in [1.165, 1.54) is 10.8 Å². The van der Waals surface area contributed by atoms with Gasteiger partial charge < -0.3 is 10.6 Å². The summed E-state index contributed by atoms with van der Waals surface area (Å²) < 4.78 is 1.12. The molecule has 0 amide bonds. The molecule has 3 rings (SSSR count). The van der Waals surface area contributed by atoms with Crippen LogP contribution in [0.4, 0.5) is 5.82 Å². The summed E-state index contributed by atoms with van der Waals surface area (Å²) in [6.07, 6.45) is 4.16. The van der Waals surface area contributed by atoms with Crippen molar-refractivity contribution >= 4 is 32.5 Å². The van der Waals surface area contributed by atoms with E-state index in [-0.39, 0.29) is 0 Å². The topological polar surface area (TPSA) is 42.1 Å². The summed E-state index contributed by atoms with van der Waals surface area (Å²) in [5, 5.41) is 2.41. The van der Waals surface area contributed by atoms with Gasteiger partial charge in [-0.2, -0.15) is 0 Å². The second kappa shape index (κ2) is 5.10. The SMILES string of the molecule is CN(CC1CC(N)C1)c1nccc2c(Br)cccc12. The van der Waals surface area contributed by atoms with E-state index in [0.717, 1.165) is 29.7 Å². The molecule has 1 aliphatic rings. The molecule has 1 heterocycles. The van der Waals surface area contributed by atoms with Crippen LogP contribution in [0.5, 0.6) is 0 Å². The minimum atomic E-state index is 0.410. The number of anilines is 1. The van der Waals surface area contributed by atoms with E-state index in [0.29, 0.717) is 12.0 Å². The third-order valence-corrected chi connectivity index (χ3v) is 4.59. The van der Waals surface area contributed by atoms with Gasteiger partial charge in [-0.1, -0.05) is 28.1 Å². The summed E-state index contributed by atoms with van der Waals surface area (Å²) >= 11 is 3.60. The lowest BCUT2D eigenvalue weighted by molar-refractivity contribution is 0.271. The van der Waals surface area contributed by atoms with E-state index in [9.17, 15) is 0 Å². The van der Waals surface area contributed by atoms with Crippen LogP contribution in [0.3, 0.4) is 0 Å². The van der Waals surface area contributed by atoms with Gasteiger partial charge in [-0.3, -0.25) is 0 Å². The van der Waals surface area contributed by atoms with Crippen LogP contribution >= 0.6 is 15.9 Å². The average molecular weight is 320 g/mol. The molecule has 1 aromatic carbocycles. The number of rotatable bonds is 3. The van der Waals surface area contributed by atoms with Gasteiger partial charge in [0.2, 0.25) is 0 Å². The molecule has 19 heavy (non-hydrogen) atoms. The number of hydrogen-bond acceptors (Lipinski definition) is 3.